The zero-order valence-electron chi connectivity index (χ0n) is 32.4. The number of rotatable bonds is 23. The number of unbranched alkanes of at least 4 members (excludes halogenated alkanes) is 3. The lowest BCUT2D eigenvalue weighted by atomic mass is 9.96. The van der Waals surface area contributed by atoms with Crippen molar-refractivity contribution in [3.05, 3.63) is 0 Å². The molecule has 10 heteroatoms. The second-order valence-corrected chi connectivity index (χ2v) is 12.5. The number of hydrogen-bond acceptors (Lipinski definition) is 7. The van der Waals surface area contributed by atoms with E-state index < -0.39 is 36.4 Å². The van der Waals surface area contributed by atoms with E-state index >= 15 is 0 Å². The summed E-state index contributed by atoms with van der Waals surface area (Å²) in [6, 6.07) is 0. The molecule has 0 saturated heterocycles. The van der Waals surface area contributed by atoms with Crippen molar-refractivity contribution >= 4 is 17.9 Å². The predicted molar refractivity (Wildman–Crippen MR) is 184 cm³/mol. The molecule has 0 unspecified atom stereocenters. The van der Waals surface area contributed by atoms with Gasteiger partial charge in [-0.25, -0.2) is 0 Å². The molecular formula is C36H77N3O7. The average Bonchev–Trinajstić information content (AvgIpc) is 3.04. The number of aliphatic hydroxyl groups is 1. The third kappa shape index (κ3) is 22.7. The quantitative estimate of drug-likeness (QED) is 0.166. The Morgan fingerprint density at radius 3 is 0.761 bits per heavy atom. The molecule has 0 radical (unpaired) electrons. The fourth-order valence-electron chi connectivity index (χ4n) is 5.60. The Morgan fingerprint density at radius 1 is 0.457 bits per heavy atom. The second-order valence-electron chi connectivity index (χ2n) is 12.5. The first kappa shape index (κ1) is 51.1. The first-order valence-electron chi connectivity index (χ1n) is 18.4. The highest BCUT2D eigenvalue weighted by Crippen LogP contribution is 2.13. The average molecular weight is 664 g/mol. The lowest BCUT2D eigenvalue weighted by molar-refractivity contribution is -0.923. The van der Waals surface area contributed by atoms with E-state index in [0.29, 0.717) is 0 Å². The number of nitrogens with zero attached hydrogens (tertiary/aromatic N) is 3. The molecule has 0 atom stereocenters. The fourth-order valence-corrected chi connectivity index (χ4v) is 5.60. The highest BCUT2D eigenvalue weighted by atomic mass is 16.4. The molecule has 0 aliphatic rings. The van der Waals surface area contributed by atoms with Gasteiger partial charge in [0.1, 0.15) is 5.60 Å². The van der Waals surface area contributed by atoms with Crippen molar-refractivity contribution in [3.8, 4) is 0 Å². The molecule has 10 nitrogen and oxygen atoms in total. The van der Waals surface area contributed by atoms with Crippen molar-refractivity contribution in [1.29, 1.82) is 0 Å². The molecule has 0 aromatic rings. The lowest BCUT2D eigenvalue weighted by Crippen LogP contribution is -2.54. The van der Waals surface area contributed by atoms with Crippen LogP contribution in [-0.4, -0.2) is 121 Å². The van der Waals surface area contributed by atoms with Crippen molar-refractivity contribution < 1.29 is 48.3 Å². The van der Waals surface area contributed by atoms with Gasteiger partial charge in [0.15, 0.2) is 0 Å². The summed E-state index contributed by atoms with van der Waals surface area (Å²) in [6.45, 7) is 43.4. The highest BCUT2D eigenvalue weighted by Gasteiger charge is 2.29. The van der Waals surface area contributed by atoms with Crippen LogP contribution in [0.5, 0.6) is 0 Å². The van der Waals surface area contributed by atoms with Gasteiger partial charge in [-0.3, -0.25) is 0 Å². The summed E-state index contributed by atoms with van der Waals surface area (Å²) in [5.41, 5.74) is -2.97. The topological polar surface area (TPSA) is 141 Å². The molecule has 0 rings (SSSR count). The van der Waals surface area contributed by atoms with Crippen LogP contribution in [0.25, 0.3) is 0 Å². The van der Waals surface area contributed by atoms with Gasteiger partial charge in [-0.1, -0.05) is 40.0 Å². The second kappa shape index (κ2) is 29.4. The molecule has 0 aromatic carbocycles. The molecule has 1 N–H and O–H groups in total. The van der Waals surface area contributed by atoms with Crippen molar-refractivity contribution in [2.75, 3.05) is 78.5 Å². The molecule has 0 saturated carbocycles. The molecule has 0 aliphatic heterocycles. The van der Waals surface area contributed by atoms with E-state index in [9.17, 15) is 29.7 Å². The van der Waals surface area contributed by atoms with Crippen LogP contribution in [0.4, 0.5) is 0 Å². The Morgan fingerprint density at radius 2 is 0.652 bits per heavy atom. The summed E-state index contributed by atoms with van der Waals surface area (Å²) in [6.07, 6.45) is 5.44. The van der Waals surface area contributed by atoms with Crippen molar-refractivity contribution in [1.82, 2.24) is 0 Å². The van der Waals surface area contributed by atoms with Gasteiger partial charge < -0.3 is 48.3 Å². The SMILES string of the molecule is CCCC[N+](CC)(CC)CC.CCCC[N+](CC)(CC)CC.CCCC[N+](CC)(CC)CC.O=C([O-])CC(O)(CC(=O)[O-])C(=O)[O-]. The molecule has 0 bridgehead atoms. The Hall–Kier alpha value is -1.75. The zero-order valence-corrected chi connectivity index (χ0v) is 32.4. The largest absolute Gasteiger partial charge is 0.550 e. The number of quaternary nitrogens is 3. The molecular weight excluding hydrogens is 586 g/mol. The summed E-state index contributed by atoms with van der Waals surface area (Å²) in [4.78, 5) is 30.0. The Labute approximate surface area is 284 Å². The summed E-state index contributed by atoms with van der Waals surface area (Å²) < 4.78 is 3.94. The van der Waals surface area contributed by atoms with Crippen LogP contribution in [-0.2, 0) is 14.4 Å². The molecule has 278 valence electrons. The summed E-state index contributed by atoms with van der Waals surface area (Å²) in [7, 11) is 0. The van der Waals surface area contributed by atoms with Gasteiger partial charge in [-0.2, -0.15) is 0 Å². The summed E-state index contributed by atoms with van der Waals surface area (Å²) in [5.74, 6) is -5.98. The van der Waals surface area contributed by atoms with Gasteiger partial charge in [0.2, 0.25) is 0 Å². The molecule has 46 heavy (non-hydrogen) atoms. The minimum absolute atomic E-state index is 1.30. The van der Waals surface area contributed by atoms with E-state index in [1.807, 2.05) is 0 Å². The first-order valence-corrected chi connectivity index (χ1v) is 18.4. The summed E-state index contributed by atoms with van der Waals surface area (Å²) in [5, 5.41) is 38.9. The van der Waals surface area contributed by atoms with Crippen LogP contribution >= 0.6 is 0 Å². The van der Waals surface area contributed by atoms with Crippen LogP contribution in [0, 0.1) is 0 Å². The fraction of sp³-hybridized carbons (Fsp3) is 0.917. The van der Waals surface area contributed by atoms with Gasteiger partial charge in [-0.05, 0) is 81.6 Å². The normalized spacial score (nSPS) is 11.7. The maximum atomic E-state index is 10.1. The molecule has 0 aromatic heterocycles. The number of carboxylic acid groups (broad SMARTS) is 3. The van der Waals surface area contributed by atoms with E-state index in [0.717, 1.165) is 0 Å². The van der Waals surface area contributed by atoms with E-state index in [1.54, 1.807) is 0 Å². The number of carbonyl (C=O) groups excluding carboxylic acids is 3. The standard InChI is InChI=1S/3C10H24N.C6H8O7/c3*1-5-9-10-11(6-2,7-3)8-4;7-3(8)1-6(13,5(11)12)2-4(9)10/h3*5-10H2,1-4H3;13H,1-2H2,(H,7,8)(H,9,10)(H,11,12)/q3*+1;/p-3. The maximum absolute atomic E-state index is 10.1. The van der Waals surface area contributed by atoms with Gasteiger partial charge in [0.05, 0.1) is 84.5 Å². The minimum Gasteiger partial charge on any atom is -0.550 e. The Bertz CT molecular complexity index is 652. The van der Waals surface area contributed by atoms with Crippen LogP contribution < -0.4 is 15.3 Å². The monoisotopic (exact) mass is 664 g/mol. The van der Waals surface area contributed by atoms with Gasteiger partial charge in [-0.15, -0.1) is 0 Å². The maximum Gasteiger partial charge on any atom is 0.114 e. The van der Waals surface area contributed by atoms with Crippen molar-refractivity contribution in [2.45, 2.75) is 140 Å². The third-order valence-corrected chi connectivity index (χ3v) is 10.2. The van der Waals surface area contributed by atoms with Crippen molar-refractivity contribution in [3.63, 3.8) is 0 Å². The van der Waals surface area contributed by atoms with Crippen LogP contribution in [0.2, 0.25) is 0 Å². The van der Waals surface area contributed by atoms with E-state index in [-0.39, 0.29) is 0 Å². The predicted octanol–water partition coefficient (Wildman–Crippen LogP) is 2.74. The van der Waals surface area contributed by atoms with Crippen LogP contribution in [0.3, 0.4) is 0 Å². The van der Waals surface area contributed by atoms with Crippen molar-refractivity contribution in [2.24, 2.45) is 0 Å². The molecule has 0 amide bonds. The number of carboxylic acids is 3. The van der Waals surface area contributed by atoms with E-state index in [2.05, 4.69) is 83.1 Å². The van der Waals surface area contributed by atoms with Crippen LogP contribution in [0.1, 0.15) is 134 Å². The highest BCUT2D eigenvalue weighted by molar-refractivity contribution is 5.86. The number of carbonyl (C=O) groups is 3. The van der Waals surface area contributed by atoms with Gasteiger partial charge >= 0.3 is 0 Å². The number of hydrogen-bond donors (Lipinski definition) is 1. The third-order valence-electron chi connectivity index (χ3n) is 10.2. The van der Waals surface area contributed by atoms with Gasteiger partial charge in [0, 0.05) is 24.8 Å². The Kier molecular flexibility index (Phi) is 32.6. The number of aliphatic carboxylic acids is 3. The zero-order chi connectivity index (χ0) is 36.9. The van der Waals surface area contributed by atoms with Crippen LogP contribution in [0.15, 0.2) is 0 Å². The smallest absolute Gasteiger partial charge is 0.114 e. The molecule has 0 fully saturated rings. The van der Waals surface area contributed by atoms with E-state index in [4.69, 9.17) is 5.11 Å². The first-order chi connectivity index (χ1) is 21.5. The summed E-state index contributed by atoms with van der Waals surface area (Å²) >= 11 is 0. The minimum atomic E-state index is -2.97. The van der Waals surface area contributed by atoms with Gasteiger partial charge in [0.25, 0.3) is 0 Å². The molecule has 0 heterocycles. The van der Waals surface area contributed by atoms with E-state index in [1.165, 1.54) is 131 Å². The molecule has 0 aliphatic carbocycles. The molecule has 0 spiro atoms. The Balaban J connectivity index is -0.000000256. The lowest BCUT2D eigenvalue weighted by Gasteiger charge is -2.35.